The van der Waals surface area contributed by atoms with Crippen LogP contribution in [-0.2, 0) is 11.3 Å². The van der Waals surface area contributed by atoms with Gasteiger partial charge < -0.3 is 19.4 Å². The van der Waals surface area contributed by atoms with Crippen LogP contribution in [0.15, 0.2) is 4.42 Å². The zero-order chi connectivity index (χ0) is 12.8. The summed E-state index contributed by atoms with van der Waals surface area (Å²) in [7, 11) is 3.72. The van der Waals surface area contributed by atoms with Gasteiger partial charge in [0.15, 0.2) is 0 Å². The van der Waals surface area contributed by atoms with Gasteiger partial charge in [-0.3, -0.25) is 0 Å². The number of methoxy groups -OCH3 is 1. The number of hydrogen-bond acceptors (Lipinski definition) is 6. The minimum atomic E-state index is 0.555. The molecular formula is C12H22N4O2. The highest BCUT2D eigenvalue weighted by Gasteiger charge is 2.23. The number of ether oxygens (including phenoxy) is 1. The average Bonchev–Trinajstić information content (AvgIpc) is 3.05. The molecule has 0 aromatic carbocycles. The Kier molecular flexibility index (Phi) is 4.95. The first-order valence-electron chi connectivity index (χ1n) is 6.56. The first-order chi connectivity index (χ1) is 8.81. The van der Waals surface area contributed by atoms with Crippen LogP contribution >= 0.6 is 0 Å². The van der Waals surface area contributed by atoms with E-state index in [9.17, 15) is 0 Å². The average molecular weight is 254 g/mol. The summed E-state index contributed by atoms with van der Waals surface area (Å²) in [6.07, 6.45) is 5.05. The highest BCUT2D eigenvalue weighted by molar-refractivity contribution is 5.25. The summed E-state index contributed by atoms with van der Waals surface area (Å²) in [5.74, 6) is 0.631. The van der Waals surface area contributed by atoms with Gasteiger partial charge >= 0.3 is 6.01 Å². The van der Waals surface area contributed by atoms with E-state index in [4.69, 9.17) is 9.15 Å². The molecule has 0 spiro atoms. The van der Waals surface area contributed by atoms with Crippen LogP contribution in [0.2, 0.25) is 0 Å². The van der Waals surface area contributed by atoms with Gasteiger partial charge in [-0.05, 0) is 12.8 Å². The fourth-order valence-electron chi connectivity index (χ4n) is 2.28. The summed E-state index contributed by atoms with van der Waals surface area (Å²) < 4.78 is 10.6. The standard InChI is InChI=1S/C12H22N4O2/c1-16(10-5-3-4-6-10)12-15-14-11(18-12)9-13-7-8-17-2/h10,13H,3-9H2,1-2H3. The third-order valence-corrected chi connectivity index (χ3v) is 3.39. The van der Waals surface area contributed by atoms with E-state index >= 15 is 0 Å². The lowest BCUT2D eigenvalue weighted by molar-refractivity contribution is 0.198. The maximum atomic E-state index is 5.64. The summed E-state index contributed by atoms with van der Waals surface area (Å²) >= 11 is 0. The van der Waals surface area contributed by atoms with Crippen molar-refractivity contribution in [2.45, 2.75) is 38.3 Å². The van der Waals surface area contributed by atoms with Gasteiger partial charge in [-0.1, -0.05) is 17.9 Å². The molecule has 0 atom stereocenters. The molecule has 0 saturated heterocycles. The SMILES string of the molecule is COCCNCc1nnc(N(C)C2CCCC2)o1. The zero-order valence-electron chi connectivity index (χ0n) is 11.2. The number of nitrogens with one attached hydrogen (secondary N) is 1. The molecule has 0 amide bonds. The first-order valence-corrected chi connectivity index (χ1v) is 6.56. The molecule has 18 heavy (non-hydrogen) atoms. The van der Waals surface area contributed by atoms with E-state index in [0.29, 0.717) is 31.1 Å². The summed E-state index contributed by atoms with van der Waals surface area (Å²) in [5.41, 5.74) is 0. The molecule has 0 unspecified atom stereocenters. The summed E-state index contributed by atoms with van der Waals surface area (Å²) in [5, 5.41) is 11.3. The van der Waals surface area contributed by atoms with Crippen molar-refractivity contribution in [1.82, 2.24) is 15.5 Å². The van der Waals surface area contributed by atoms with Crippen LogP contribution in [0.5, 0.6) is 0 Å². The Morgan fingerprint density at radius 1 is 1.39 bits per heavy atom. The zero-order valence-corrected chi connectivity index (χ0v) is 11.2. The topological polar surface area (TPSA) is 63.4 Å². The van der Waals surface area contributed by atoms with Gasteiger partial charge in [0.25, 0.3) is 0 Å². The van der Waals surface area contributed by atoms with Gasteiger partial charge in [-0.2, -0.15) is 0 Å². The van der Waals surface area contributed by atoms with Gasteiger partial charge in [0, 0.05) is 26.7 Å². The second-order valence-electron chi connectivity index (χ2n) is 4.70. The van der Waals surface area contributed by atoms with Gasteiger partial charge in [-0.25, -0.2) is 0 Å². The number of hydrogen-bond donors (Lipinski definition) is 1. The van der Waals surface area contributed by atoms with Crippen LogP contribution in [0.3, 0.4) is 0 Å². The van der Waals surface area contributed by atoms with E-state index in [-0.39, 0.29) is 0 Å². The third kappa shape index (κ3) is 3.43. The molecule has 1 saturated carbocycles. The number of anilines is 1. The van der Waals surface area contributed by atoms with Crippen molar-refractivity contribution in [2.75, 3.05) is 32.2 Å². The number of nitrogens with zero attached hydrogens (tertiary/aromatic N) is 3. The van der Waals surface area contributed by atoms with Crippen molar-refractivity contribution in [3.05, 3.63) is 5.89 Å². The molecule has 1 aliphatic rings. The maximum Gasteiger partial charge on any atom is 0.318 e. The first kappa shape index (κ1) is 13.3. The minimum Gasteiger partial charge on any atom is -0.407 e. The Labute approximate surface area is 108 Å². The molecule has 1 fully saturated rings. The van der Waals surface area contributed by atoms with E-state index in [1.165, 1.54) is 25.7 Å². The molecule has 1 aliphatic carbocycles. The van der Waals surface area contributed by atoms with Gasteiger partial charge in [0.05, 0.1) is 13.2 Å². The van der Waals surface area contributed by atoms with E-state index < -0.39 is 0 Å². The normalized spacial score (nSPS) is 16.3. The molecule has 1 heterocycles. The lowest BCUT2D eigenvalue weighted by Crippen LogP contribution is -2.29. The molecular weight excluding hydrogens is 232 g/mol. The molecule has 1 N–H and O–H groups in total. The number of aromatic nitrogens is 2. The Hall–Kier alpha value is -1.14. The van der Waals surface area contributed by atoms with Gasteiger partial charge in [0.2, 0.25) is 5.89 Å². The van der Waals surface area contributed by atoms with Crippen LogP contribution < -0.4 is 10.2 Å². The highest BCUT2D eigenvalue weighted by atomic mass is 16.5. The van der Waals surface area contributed by atoms with Crippen molar-refractivity contribution in [3.63, 3.8) is 0 Å². The van der Waals surface area contributed by atoms with Crippen LogP contribution in [0, 0.1) is 0 Å². The second kappa shape index (κ2) is 6.70. The number of rotatable bonds is 7. The van der Waals surface area contributed by atoms with Crippen molar-refractivity contribution in [3.8, 4) is 0 Å². The van der Waals surface area contributed by atoms with Gasteiger partial charge in [0.1, 0.15) is 0 Å². The Bertz CT molecular complexity index is 350. The summed E-state index contributed by atoms with van der Waals surface area (Å²) in [4.78, 5) is 2.11. The lowest BCUT2D eigenvalue weighted by Gasteiger charge is -2.21. The third-order valence-electron chi connectivity index (χ3n) is 3.39. The Balaban J connectivity index is 1.81. The van der Waals surface area contributed by atoms with E-state index in [1.807, 2.05) is 7.05 Å². The smallest absolute Gasteiger partial charge is 0.318 e. The summed E-state index contributed by atoms with van der Waals surface area (Å²) in [6.45, 7) is 2.06. The molecule has 2 rings (SSSR count). The van der Waals surface area contributed by atoms with E-state index in [1.54, 1.807) is 7.11 Å². The van der Waals surface area contributed by atoms with Crippen LogP contribution in [0.25, 0.3) is 0 Å². The van der Waals surface area contributed by atoms with Crippen molar-refractivity contribution >= 4 is 6.01 Å². The molecule has 6 heteroatoms. The quantitative estimate of drug-likeness (QED) is 0.737. The Morgan fingerprint density at radius 3 is 2.89 bits per heavy atom. The maximum absolute atomic E-state index is 5.64. The predicted octanol–water partition coefficient (Wildman–Crippen LogP) is 1.18. The van der Waals surface area contributed by atoms with Crippen molar-refractivity contribution in [1.29, 1.82) is 0 Å². The van der Waals surface area contributed by atoms with Crippen LogP contribution in [0.4, 0.5) is 6.01 Å². The second-order valence-corrected chi connectivity index (χ2v) is 4.70. The fourth-order valence-corrected chi connectivity index (χ4v) is 2.28. The molecule has 0 bridgehead atoms. The molecule has 0 aliphatic heterocycles. The van der Waals surface area contributed by atoms with Crippen molar-refractivity contribution < 1.29 is 9.15 Å². The molecule has 1 aromatic rings. The highest BCUT2D eigenvalue weighted by Crippen LogP contribution is 2.25. The molecule has 1 aromatic heterocycles. The predicted molar refractivity (Wildman–Crippen MR) is 68.5 cm³/mol. The van der Waals surface area contributed by atoms with Crippen molar-refractivity contribution in [2.24, 2.45) is 0 Å². The van der Waals surface area contributed by atoms with E-state index in [0.717, 1.165) is 6.54 Å². The Morgan fingerprint density at radius 2 is 2.17 bits per heavy atom. The molecule has 6 nitrogen and oxygen atoms in total. The molecule has 0 radical (unpaired) electrons. The summed E-state index contributed by atoms with van der Waals surface area (Å²) in [6, 6.07) is 1.19. The van der Waals surface area contributed by atoms with Gasteiger partial charge in [-0.15, -0.1) is 5.10 Å². The molecule has 102 valence electrons. The van der Waals surface area contributed by atoms with E-state index in [2.05, 4.69) is 20.4 Å². The monoisotopic (exact) mass is 254 g/mol. The largest absolute Gasteiger partial charge is 0.407 e. The fraction of sp³-hybridized carbons (Fsp3) is 0.833. The van der Waals surface area contributed by atoms with Crippen LogP contribution in [0.1, 0.15) is 31.6 Å². The lowest BCUT2D eigenvalue weighted by atomic mass is 10.2. The van der Waals surface area contributed by atoms with Crippen LogP contribution in [-0.4, -0.2) is 43.5 Å². The minimum absolute atomic E-state index is 0.555.